The van der Waals surface area contributed by atoms with E-state index in [1.54, 1.807) is 12.1 Å². The maximum absolute atomic E-state index is 11.8. The Morgan fingerprint density at radius 2 is 2.06 bits per heavy atom. The molecule has 0 radical (unpaired) electrons. The summed E-state index contributed by atoms with van der Waals surface area (Å²) >= 11 is 5.79. The zero-order valence-corrected chi connectivity index (χ0v) is 9.63. The van der Waals surface area contributed by atoms with Gasteiger partial charge in [-0.3, -0.25) is 4.79 Å². The van der Waals surface area contributed by atoms with Crippen molar-refractivity contribution in [1.29, 1.82) is 5.26 Å². The van der Waals surface area contributed by atoms with Crippen molar-refractivity contribution in [2.24, 2.45) is 5.41 Å². The first kappa shape index (κ1) is 11.2. The average molecular weight is 234 g/mol. The number of nitrogens with zero attached hydrogens (tertiary/aromatic N) is 1. The SMILES string of the molecule is N#CC1(Cc2ccc(Cl)cc2)CCCC1=O. The van der Waals surface area contributed by atoms with Crippen molar-refractivity contribution in [3.05, 3.63) is 34.9 Å². The third-order valence-electron chi connectivity index (χ3n) is 3.17. The fraction of sp³-hybridized carbons (Fsp3) is 0.385. The van der Waals surface area contributed by atoms with Crippen LogP contribution in [0.3, 0.4) is 0 Å². The van der Waals surface area contributed by atoms with E-state index >= 15 is 0 Å². The summed E-state index contributed by atoms with van der Waals surface area (Å²) in [5.41, 5.74) is 0.217. The van der Waals surface area contributed by atoms with Crippen LogP contribution in [0, 0.1) is 16.7 Å². The van der Waals surface area contributed by atoms with Gasteiger partial charge >= 0.3 is 0 Å². The Labute approximate surface area is 99.8 Å². The van der Waals surface area contributed by atoms with Gasteiger partial charge in [0, 0.05) is 11.4 Å². The van der Waals surface area contributed by atoms with Gasteiger partial charge < -0.3 is 0 Å². The predicted molar refractivity (Wildman–Crippen MR) is 62.1 cm³/mol. The van der Waals surface area contributed by atoms with Crippen molar-refractivity contribution in [2.45, 2.75) is 25.7 Å². The number of carbonyl (C=O) groups excluding carboxylic acids is 1. The van der Waals surface area contributed by atoms with Gasteiger partial charge in [0.05, 0.1) is 6.07 Å². The molecule has 1 unspecified atom stereocenters. The summed E-state index contributed by atoms with van der Waals surface area (Å²) in [6.45, 7) is 0. The zero-order valence-electron chi connectivity index (χ0n) is 8.87. The molecule has 2 nitrogen and oxygen atoms in total. The Kier molecular flexibility index (Phi) is 2.98. The molecule has 0 N–H and O–H groups in total. The van der Waals surface area contributed by atoms with Crippen LogP contribution in [0.4, 0.5) is 0 Å². The second-order valence-corrected chi connectivity index (χ2v) is 4.71. The van der Waals surface area contributed by atoms with E-state index in [4.69, 9.17) is 11.6 Å². The molecule has 1 aromatic rings. The first-order valence-corrected chi connectivity index (χ1v) is 5.73. The lowest BCUT2D eigenvalue weighted by atomic mass is 9.81. The second-order valence-electron chi connectivity index (χ2n) is 4.27. The maximum Gasteiger partial charge on any atom is 0.153 e. The van der Waals surface area contributed by atoms with E-state index in [9.17, 15) is 10.1 Å². The summed E-state index contributed by atoms with van der Waals surface area (Å²) in [5.74, 6) is 0.0879. The average Bonchev–Trinajstić information content (AvgIpc) is 2.64. The highest BCUT2D eigenvalue weighted by molar-refractivity contribution is 6.30. The number of nitriles is 1. The van der Waals surface area contributed by atoms with Gasteiger partial charge in [0.2, 0.25) is 0 Å². The van der Waals surface area contributed by atoms with Crippen LogP contribution in [0.1, 0.15) is 24.8 Å². The molecule has 1 aliphatic carbocycles. The molecule has 0 aliphatic heterocycles. The highest BCUT2D eigenvalue weighted by Crippen LogP contribution is 2.37. The molecule has 0 amide bonds. The van der Waals surface area contributed by atoms with Crippen molar-refractivity contribution in [3.8, 4) is 6.07 Å². The van der Waals surface area contributed by atoms with E-state index in [1.807, 2.05) is 12.1 Å². The largest absolute Gasteiger partial charge is 0.298 e. The molecular weight excluding hydrogens is 222 g/mol. The topological polar surface area (TPSA) is 40.9 Å². The summed E-state index contributed by atoms with van der Waals surface area (Å²) < 4.78 is 0. The van der Waals surface area contributed by atoms with E-state index < -0.39 is 5.41 Å². The van der Waals surface area contributed by atoms with Crippen molar-refractivity contribution < 1.29 is 4.79 Å². The van der Waals surface area contributed by atoms with Gasteiger partial charge in [-0.05, 0) is 37.0 Å². The molecule has 1 aromatic carbocycles. The van der Waals surface area contributed by atoms with Crippen LogP contribution in [0.2, 0.25) is 5.02 Å². The maximum atomic E-state index is 11.8. The molecule has 0 saturated heterocycles. The Morgan fingerprint density at radius 1 is 1.38 bits per heavy atom. The Balaban J connectivity index is 2.23. The van der Waals surface area contributed by atoms with E-state index in [0.29, 0.717) is 24.3 Å². The minimum Gasteiger partial charge on any atom is -0.298 e. The smallest absolute Gasteiger partial charge is 0.153 e. The third-order valence-corrected chi connectivity index (χ3v) is 3.43. The van der Waals surface area contributed by atoms with Crippen molar-refractivity contribution in [1.82, 2.24) is 0 Å². The first-order chi connectivity index (χ1) is 7.66. The lowest BCUT2D eigenvalue weighted by Gasteiger charge is -2.18. The number of rotatable bonds is 2. The van der Waals surface area contributed by atoms with Gasteiger partial charge in [0.25, 0.3) is 0 Å². The van der Waals surface area contributed by atoms with Gasteiger partial charge in [-0.15, -0.1) is 0 Å². The van der Waals surface area contributed by atoms with E-state index in [-0.39, 0.29) is 5.78 Å². The molecule has 0 spiro atoms. The molecule has 1 aliphatic rings. The molecule has 0 heterocycles. The van der Waals surface area contributed by atoms with E-state index in [0.717, 1.165) is 12.0 Å². The van der Waals surface area contributed by atoms with Crippen molar-refractivity contribution in [3.63, 3.8) is 0 Å². The molecule has 82 valence electrons. The van der Waals surface area contributed by atoms with Crippen molar-refractivity contribution >= 4 is 17.4 Å². The predicted octanol–water partition coefficient (Wildman–Crippen LogP) is 3.15. The molecule has 3 heteroatoms. The molecular formula is C13H12ClNO. The normalized spacial score (nSPS) is 24.4. The summed E-state index contributed by atoms with van der Waals surface area (Å²) in [6, 6.07) is 9.56. The summed E-state index contributed by atoms with van der Waals surface area (Å²) in [7, 11) is 0. The summed E-state index contributed by atoms with van der Waals surface area (Å²) in [4.78, 5) is 11.8. The van der Waals surface area contributed by atoms with E-state index in [1.165, 1.54) is 0 Å². The Bertz CT molecular complexity index is 446. The van der Waals surface area contributed by atoms with Gasteiger partial charge in [-0.25, -0.2) is 0 Å². The first-order valence-electron chi connectivity index (χ1n) is 5.35. The Hall–Kier alpha value is -1.33. The number of hydrogen-bond acceptors (Lipinski definition) is 2. The Morgan fingerprint density at radius 3 is 2.56 bits per heavy atom. The zero-order chi connectivity index (χ0) is 11.6. The molecule has 0 bridgehead atoms. The van der Waals surface area contributed by atoms with Crippen LogP contribution in [0.5, 0.6) is 0 Å². The molecule has 0 aromatic heterocycles. The fourth-order valence-electron chi connectivity index (χ4n) is 2.22. The standard InChI is InChI=1S/C13H12ClNO/c14-11-5-3-10(4-6-11)8-13(9-15)7-1-2-12(13)16/h3-6H,1-2,7-8H2. The summed E-state index contributed by atoms with van der Waals surface area (Å²) in [5, 5.41) is 9.88. The second kappa shape index (κ2) is 4.27. The minimum atomic E-state index is -0.784. The van der Waals surface area contributed by atoms with Gasteiger partial charge in [0.1, 0.15) is 5.41 Å². The number of hydrogen-bond donors (Lipinski definition) is 0. The number of Topliss-reactive ketones (excluding diaryl/α,β-unsaturated/α-hetero) is 1. The van der Waals surface area contributed by atoms with Crippen LogP contribution in [-0.4, -0.2) is 5.78 Å². The minimum absolute atomic E-state index is 0.0879. The molecule has 1 saturated carbocycles. The van der Waals surface area contributed by atoms with Crippen LogP contribution < -0.4 is 0 Å². The number of halogens is 1. The van der Waals surface area contributed by atoms with Crippen LogP contribution in [0.15, 0.2) is 24.3 Å². The molecule has 2 rings (SSSR count). The molecule has 1 atom stereocenters. The highest BCUT2D eigenvalue weighted by atomic mass is 35.5. The van der Waals surface area contributed by atoms with Crippen molar-refractivity contribution in [2.75, 3.05) is 0 Å². The lowest BCUT2D eigenvalue weighted by molar-refractivity contribution is -0.123. The quantitative estimate of drug-likeness (QED) is 0.787. The van der Waals surface area contributed by atoms with Crippen LogP contribution >= 0.6 is 11.6 Å². The van der Waals surface area contributed by atoms with E-state index in [2.05, 4.69) is 6.07 Å². The molecule has 16 heavy (non-hydrogen) atoms. The third kappa shape index (κ3) is 1.96. The lowest BCUT2D eigenvalue weighted by Crippen LogP contribution is -2.26. The number of carbonyl (C=O) groups is 1. The fourth-order valence-corrected chi connectivity index (χ4v) is 2.35. The van der Waals surface area contributed by atoms with Crippen LogP contribution in [0.25, 0.3) is 0 Å². The monoisotopic (exact) mass is 233 g/mol. The van der Waals surface area contributed by atoms with Gasteiger partial charge in [0.15, 0.2) is 5.78 Å². The molecule has 1 fully saturated rings. The number of benzene rings is 1. The van der Waals surface area contributed by atoms with Gasteiger partial charge in [-0.1, -0.05) is 23.7 Å². The van der Waals surface area contributed by atoms with Gasteiger partial charge in [-0.2, -0.15) is 5.26 Å². The summed E-state index contributed by atoms with van der Waals surface area (Å²) in [6.07, 6.45) is 2.57. The highest BCUT2D eigenvalue weighted by Gasteiger charge is 2.42. The van der Waals surface area contributed by atoms with Crippen LogP contribution in [-0.2, 0) is 11.2 Å². The number of ketones is 1.